The lowest BCUT2D eigenvalue weighted by atomic mass is 9.84. The lowest BCUT2D eigenvalue weighted by Gasteiger charge is -2.40. The Morgan fingerprint density at radius 3 is 2.24 bits per heavy atom. The van der Waals surface area contributed by atoms with E-state index in [2.05, 4.69) is 17.1 Å². The molecule has 0 radical (unpaired) electrons. The molecule has 1 fully saturated rings. The van der Waals surface area contributed by atoms with Gasteiger partial charge in [-0.15, -0.1) is 0 Å². The molecule has 33 heavy (non-hydrogen) atoms. The molecule has 2 amide bonds. The molecular weight excluding hydrogens is 418 g/mol. The van der Waals surface area contributed by atoms with Crippen molar-refractivity contribution >= 4 is 17.8 Å². The van der Waals surface area contributed by atoms with Gasteiger partial charge < -0.3 is 15.0 Å². The third-order valence-electron chi connectivity index (χ3n) is 6.70. The summed E-state index contributed by atoms with van der Waals surface area (Å²) in [5, 5.41) is 3.08. The molecule has 0 aromatic rings. The number of rotatable bonds is 9. The molecule has 0 aromatic heterocycles. The Morgan fingerprint density at radius 1 is 1.18 bits per heavy atom. The summed E-state index contributed by atoms with van der Waals surface area (Å²) in [5.41, 5.74) is 0.00240. The topological polar surface area (TPSA) is 79.0 Å². The molecule has 0 bridgehead atoms. The van der Waals surface area contributed by atoms with Gasteiger partial charge in [-0.2, -0.15) is 0 Å². The van der Waals surface area contributed by atoms with Crippen LogP contribution >= 0.6 is 0 Å². The lowest BCUT2D eigenvalue weighted by Crippen LogP contribution is -2.60. The van der Waals surface area contributed by atoms with Crippen LogP contribution in [0.2, 0.25) is 0 Å². The number of hydrogen-bond acceptors (Lipinski definition) is 5. The first-order valence-electron chi connectivity index (χ1n) is 12.4. The number of likely N-dealkylation sites (N-methyl/N-ethyl adjacent to an activating group) is 2. The van der Waals surface area contributed by atoms with Crippen molar-refractivity contribution in [2.75, 3.05) is 27.2 Å². The van der Waals surface area contributed by atoms with E-state index in [4.69, 9.17) is 4.74 Å². The van der Waals surface area contributed by atoms with Gasteiger partial charge in [-0.25, -0.2) is 4.79 Å². The highest BCUT2D eigenvalue weighted by molar-refractivity contribution is 5.91. The monoisotopic (exact) mass is 465 g/mol. The predicted molar refractivity (Wildman–Crippen MR) is 133 cm³/mol. The minimum Gasteiger partial charge on any atom is -0.463 e. The van der Waals surface area contributed by atoms with Gasteiger partial charge in [-0.3, -0.25) is 14.5 Å². The predicted octanol–water partition coefficient (Wildman–Crippen LogP) is 3.63. The Morgan fingerprint density at radius 2 is 1.79 bits per heavy atom. The smallest absolute Gasteiger partial charge is 0.333 e. The quantitative estimate of drug-likeness (QED) is 0.416. The molecule has 1 rings (SSSR count). The number of likely N-dealkylation sites (tertiary alicyclic amines) is 1. The Balaban J connectivity index is 3.09. The van der Waals surface area contributed by atoms with Crippen LogP contribution in [0.4, 0.5) is 0 Å². The van der Waals surface area contributed by atoms with Crippen LogP contribution in [0.1, 0.15) is 74.7 Å². The van der Waals surface area contributed by atoms with E-state index in [1.54, 1.807) is 31.9 Å². The second-order valence-corrected chi connectivity index (χ2v) is 10.9. The van der Waals surface area contributed by atoms with Crippen molar-refractivity contribution in [3.05, 3.63) is 11.6 Å². The Labute approximate surface area is 201 Å². The molecule has 0 aromatic carbocycles. The first-order valence-corrected chi connectivity index (χ1v) is 12.4. The molecule has 1 saturated heterocycles. The first-order chi connectivity index (χ1) is 15.2. The number of piperidine rings is 1. The molecule has 0 aliphatic carbocycles. The molecule has 1 heterocycles. The number of carbonyl (C=O) groups is 3. The van der Waals surface area contributed by atoms with Crippen molar-refractivity contribution in [1.29, 1.82) is 0 Å². The third-order valence-corrected chi connectivity index (χ3v) is 6.70. The summed E-state index contributed by atoms with van der Waals surface area (Å²) in [5.74, 6) is 0.0670. The van der Waals surface area contributed by atoms with Crippen molar-refractivity contribution in [2.45, 2.75) is 92.8 Å². The first kappa shape index (κ1) is 29.1. The zero-order chi connectivity index (χ0) is 25.5. The van der Waals surface area contributed by atoms with Crippen LogP contribution < -0.4 is 5.32 Å². The van der Waals surface area contributed by atoms with Crippen LogP contribution in [0.25, 0.3) is 0 Å². The van der Waals surface area contributed by atoms with Crippen LogP contribution in [0.5, 0.6) is 0 Å². The van der Waals surface area contributed by atoms with Crippen molar-refractivity contribution in [2.24, 2.45) is 17.3 Å². The normalized spacial score (nSPS) is 22.0. The van der Waals surface area contributed by atoms with E-state index >= 15 is 0 Å². The Bertz CT molecular complexity index is 711. The number of esters is 1. The van der Waals surface area contributed by atoms with Crippen LogP contribution in [0.15, 0.2) is 11.6 Å². The standard InChI is InChI=1S/C26H47N3O4/c1-11-19-13-14-20(28(9)16-19)23(30)27-22(26(6,7)8)24(31)29(10)21(17(3)4)15-18(5)25(32)33-12-2/h15,17,19-22H,11-14,16H2,1-10H3,(H,27,30)/b18-15+. The molecule has 4 atom stereocenters. The van der Waals surface area contributed by atoms with Crippen LogP contribution in [0, 0.1) is 17.3 Å². The second kappa shape index (κ2) is 12.5. The molecule has 4 unspecified atom stereocenters. The van der Waals surface area contributed by atoms with Crippen LogP contribution in [-0.2, 0) is 19.1 Å². The molecule has 1 aliphatic heterocycles. The van der Waals surface area contributed by atoms with E-state index in [1.807, 2.05) is 41.7 Å². The lowest BCUT2D eigenvalue weighted by molar-refractivity contribution is -0.142. The average molecular weight is 466 g/mol. The largest absolute Gasteiger partial charge is 0.463 e. The van der Waals surface area contributed by atoms with Gasteiger partial charge in [-0.05, 0) is 51.0 Å². The van der Waals surface area contributed by atoms with Crippen LogP contribution in [-0.4, -0.2) is 73.0 Å². The van der Waals surface area contributed by atoms with E-state index in [-0.39, 0.29) is 35.8 Å². The van der Waals surface area contributed by atoms with Gasteiger partial charge in [0, 0.05) is 19.2 Å². The fourth-order valence-corrected chi connectivity index (χ4v) is 4.46. The molecule has 0 saturated carbocycles. The van der Waals surface area contributed by atoms with Gasteiger partial charge in [0.05, 0.1) is 18.7 Å². The maximum atomic E-state index is 13.7. The van der Waals surface area contributed by atoms with Crippen molar-refractivity contribution < 1.29 is 19.1 Å². The fraction of sp³-hybridized carbons (Fsp3) is 0.808. The summed E-state index contributed by atoms with van der Waals surface area (Å²) in [6.45, 7) is 16.8. The van der Waals surface area contributed by atoms with E-state index in [0.717, 1.165) is 25.8 Å². The summed E-state index contributed by atoms with van der Waals surface area (Å²) in [7, 11) is 3.73. The highest BCUT2D eigenvalue weighted by Crippen LogP contribution is 2.26. The van der Waals surface area contributed by atoms with E-state index in [0.29, 0.717) is 18.1 Å². The highest BCUT2D eigenvalue weighted by Gasteiger charge is 2.39. The van der Waals surface area contributed by atoms with Gasteiger partial charge >= 0.3 is 5.97 Å². The zero-order valence-electron chi connectivity index (χ0n) is 22.5. The minimum atomic E-state index is -0.676. The molecule has 0 spiro atoms. The average Bonchev–Trinajstić information content (AvgIpc) is 2.73. The molecular formula is C26H47N3O4. The number of ether oxygens (including phenoxy) is 1. The third kappa shape index (κ3) is 8.13. The van der Waals surface area contributed by atoms with Gasteiger partial charge in [0.15, 0.2) is 0 Å². The number of nitrogens with one attached hydrogen (secondary N) is 1. The van der Waals surface area contributed by atoms with Gasteiger partial charge in [-0.1, -0.05) is 54.0 Å². The Kier molecular flexibility index (Phi) is 11.1. The van der Waals surface area contributed by atoms with Crippen molar-refractivity contribution in [3.63, 3.8) is 0 Å². The van der Waals surface area contributed by atoms with E-state index in [1.165, 1.54) is 0 Å². The molecule has 190 valence electrons. The summed E-state index contributed by atoms with van der Waals surface area (Å²) in [4.78, 5) is 42.8. The molecule has 1 N–H and O–H groups in total. The highest BCUT2D eigenvalue weighted by atomic mass is 16.5. The van der Waals surface area contributed by atoms with Gasteiger partial charge in [0.2, 0.25) is 11.8 Å². The SMILES string of the molecule is CCOC(=O)/C(C)=C/C(C(C)C)N(C)C(=O)C(NC(=O)C1CCC(CC)CN1C)C(C)(C)C. The Hall–Kier alpha value is -1.89. The van der Waals surface area contributed by atoms with Crippen molar-refractivity contribution in [1.82, 2.24) is 15.1 Å². The van der Waals surface area contributed by atoms with E-state index in [9.17, 15) is 14.4 Å². The van der Waals surface area contributed by atoms with Crippen LogP contribution in [0.3, 0.4) is 0 Å². The number of carbonyl (C=O) groups excluding carboxylic acids is 3. The number of amides is 2. The summed E-state index contributed by atoms with van der Waals surface area (Å²) >= 11 is 0. The summed E-state index contributed by atoms with van der Waals surface area (Å²) in [6.07, 6.45) is 4.74. The minimum absolute atomic E-state index is 0.0788. The summed E-state index contributed by atoms with van der Waals surface area (Å²) < 4.78 is 5.10. The second-order valence-electron chi connectivity index (χ2n) is 10.9. The van der Waals surface area contributed by atoms with E-state index < -0.39 is 11.5 Å². The maximum Gasteiger partial charge on any atom is 0.333 e. The maximum absolute atomic E-state index is 13.7. The fourth-order valence-electron chi connectivity index (χ4n) is 4.46. The zero-order valence-corrected chi connectivity index (χ0v) is 22.5. The molecule has 7 heteroatoms. The van der Waals surface area contributed by atoms with Crippen molar-refractivity contribution in [3.8, 4) is 0 Å². The molecule has 1 aliphatic rings. The summed E-state index contributed by atoms with van der Waals surface area (Å²) in [6, 6.07) is -1.20. The van der Waals surface area contributed by atoms with Gasteiger partial charge in [0.1, 0.15) is 6.04 Å². The molecule has 7 nitrogen and oxygen atoms in total. The van der Waals surface area contributed by atoms with Gasteiger partial charge in [0.25, 0.3) is 0 Å². The number of hydrogen-bond donors (Lipinski definition) is 1. The number of nitrogens with zero attached hydrogens (tertiary/aromatic N) is 2.